The molecule has 2 rings (SSSR count). The van der Waals surface area contributed by atoms with Crippen molar-refractivity contribution in [2.45, 2.75) is 6.92 Å². The van der Waals surface area contributed by atoms with Gasteiger partial charge in [0.15, 0.2) is 5.13 Å². The van der Waals surface area contributed by atoms with Crippen LogP contribution in [0, 0.1) is 6.92 Å². The molecule has 0 bridgehead atoms. The minimum Gasteiger partial charge on any atom is -0.481 e. The van der Waals surface area contributed by atoms with Gasteiger partial charge < -0.3 is 10.5 Å². The molecule has 0 aliphatic carbocycles. The van der Waals surface area contributed by atoms with Crippen LogP contribution in [-0.2, 0) is 0 Å². The van der Waals surface area contributed by atoms with Crippen LogP contribution < -0.4 is 15.8 Å². The average Bonchev–Trinajstić information content (AvgIpc) is 2.79. The quantitative estimate of drug-likeness (QED) is 0.880. The second-order valence-electron chi connectivity index (χ2n) is 3.84. The van der Waals surface area contributed by atoms with Gasteiger partial charge >= 0.3 is 0 Å². The van der Waals surface area contributed by atoms with Crippen LogP contribution in [-0.4, -0.2) is 28.9 Å². The minimum absolute atomic E-state index is 0.317. The van der Waals surface area contributed by atoms with E-state index in [1.165, 1.54) is 19.4 Å². The maximum absolute atomic E-state index is 12.0. The Morgan fingerprint density at radius 1 is 1.45 bits per heavy atom. The van der Waals surface area contributed by atoms with E-state index in [-0.39, 0.29) is 5.91 Å². The van der Waals surface area contributed by atoms with E-state index in [0.717, 1.165) is 11.3 Å². The summed E-state index contributed by atoms with van der Waals surface area (Å²) in [6.45, 7) is 1.65. The summed E-state index contributed by atoms with van der Waals surface area (Å²) < 4.78 is 4.94. The van der Waals surface area contributed by atoms with Gasteiger partial charge in [0.2, 0.25) is 5.88 Å². The standard InChI is InChI=1S/C12H12N4O3S/c1-6-9(10(13)17)20-12(15-6)16-11(18)7-3-4-14-8(5-7)19-2/h3-5H,1-2H3,(H2,13,17)(H,15,16,18). The summed E-state index contributed by atoms with van der Waals surface area (Å²) in [5, 5.41) is 2.92. The fourth-order valence-corrected chi connectivity index (χ4v) is 2.32. The lowest BCUT2D eigenvalue weighted by Crippen LogP contribution is -2.12. The number of hydrogen-bond donors (Lipinski definition) is 2. The van der Waals surface area contributed by atoms with Crippen molar-refractivity contribution in [1.82, 2.24) is 9.97 Å². The first-order valence-electron chi connectivity index (χ1n) is 5.60. The SMILES string of the molecule is COc1cc(C(=O)Nc2nc(C)c(C(N)=O)s2)ccn1. The van der Waals surface area contributed by atoms with Gasteiger partial charge in [-0.3, -0.25) is 14.9 Å². The van der Waals surface area contributed by atoms with Crippen molar-refractivity contribution in [1.29, 1.82) is 0 Å². The smallest absolute Gasteiger partial charge is 0.260 e. The summed E-state index contributed by atoms with van der Waals surface area (Å²) in [4.78, 5) is 31.5. The van der Waals surface area contributed by atoms with E-state index in [4.69, 9.17) is 10.5 Å². The average molecular weight is 292 g/mol. The van der Waals surface area contributed by atoms with Crippen LogP contribution >= 0.6 is 11.3 Å². The zero-order chi connectivity index (χ0) is 14.7. The van der Waals surface area contributed by atoms with Gasteiger partial charge in [-0.2, -0.15) is 0 Å². The van der Waals surface area contributed by atoms with Gasteiger partial charge in [-0.15, -0.1) is 0 Å². The number of amides is 2. The van der Waals surface area contributed by atoms with E-state index in [9.17, 15) is 9.59 Å². The molecule has 2 heterocycles. The predicted molar refractivity (Wildman–Crippen MR) is 74.1 cm³/mol. The first kappa shape index (κ1) is 13.9. The largest absolute Gasteiger partial charge is 0.481 e. The summed E-state index contributed by atoms with van der Waals surface area (Å²) in [7, 11) is 1.47. The van der Waals surface area contributed by atoms with Crippen LogP contribution in [0.2, 0.25) is 0 Å². The Kier molecular flexibility index (Phi) is 3.94. The van der Waals surface area contributed by atoms with Crippen molar-refractivity contribution in [3.63, 3.8) is 0 Å². The summed E-state index contributed by atoms with van der Waals surface area (Å²) in [5.74, 6) is -0.590. The Morgan fingerprint density at radius 2 is 2.20 bits per heavy atom. The zero-order valence-electron chi connectivity index (χ0n) is 10.8. The van der Waals surface area contributed by atoms with Gasteiger partial charge in [-0.1, -0.05) is 11.3 Å². The molecule has 2 aromatic rings. The Labute approximate surface area is 118 Å². The van der Waals surface area contributed by atoms with Crippen molar-refractivity contribution in [2.24, 2.45) is 5.73 Å². The highest BCUT2D eigenvalue weighted by molar-refractivity contribution is 7.17. The molecule has 0 aliphatic rings. The van der Waals surface area contributed by atoms with Crippen LogP contribution in [0.3, 0.4) is 0 Å². The normalized spacial score (nSPS) is 10.1. The summed E-state index contributed by atoms with van der Waals surface area (Å²) in [6.07, 6.45) is 1.47. The van der Waals surface area contributed by atoms with Gasteiger partial charge in [0.1, 0.15) is 4.88 Å². The van der Waals surface area contributed by atoms with Gasteiger partial charge in [0.25, 0.3) is 11.8 Å². The Hall–Kier alpha value is -2.48. The maximum atomic E-state index is 12.0. The molecule has 3 N–H and O–H groups in total. The van der Waals surface area contributed by atoms with Gasteiger partial charge in [-0.05, 0) is 13.0 Å². The van der Waals surface area contributed by atoms with Crippen molar-refractivity contribution in [3.05, 3.63) is 34.5 Å². The molecule has 0 radical (unpaired) electrons. The summed E-state index contributed by atoms with van der Waals surface area (Å²) in [5.41, 5.74) is 6.07. The highest BCUT2D eigenvalue weighted by Crippen LogP contribution is 2.22. The third kappa shape index (κ3) is 2.91. The van der Waals surface area contributed by atoms with Crippen molar-refractivity contribution < 1.29 is 14.3 Å². The maximum Gasteiger partial charge on any atom is 0.260 e. The number of ether oxygens (including phenoxy) is 1. The van der Waals surface area contributed by atoms with Crippen LogP contribution in [0.15, 0.2) is 18.3 Å². The van der Waals surface area contributed by atoms with E-state index >= 15 is 0 Å². The van der Waals surface area contributed by atoms with E-state index in [1.54, 1.807) is 13.0 Å². The third-order valence-electron chi connectivity index (χ3n) is 2.45. The topological polar surface area (TPSA) is 107 Å². The van der Waals surface area contributed by atoms with Crippen LogP contribution in [0.25, 0.3) is 0 Å². The first-order chi connectivity index (χ1) is 9.51. The highest BCUT2D eigenvalue weighted by atomic mass is 32.1. The predicted octanol–water partition coefficient (Wildman–Crippen LogP) is 1.21. The molecule has 0 unspecified atom stereocenters. The van der Waals surface area contributed by atoms with Crippen molar-refractivity contribution in [3.8, 4) is 5.88 Å². The Bertz CT molecular complexity index is 668. The number of primary amides is 1. The number of pyridine rings is 1. The molecular formula is C12H12N4O3S. The second kappa shape index (κ2) is 5.66. The number of anilines is 1. The van der Waals surface area contributed by atoms with E-state index < -0.39 is 5.91 Å². The fourth-order valence-electron chi connectivity index (χ4n) is 1.51. The molecule has 0 saturated heterocycles. The second-order valence-corrected chi connectivity index (χ2v) is 4.84. The van der Waals surface area contributed by atoms with E-state index in [2.05, 4.69) is 15.3 Å². The zero-order valence-corrected chi connectivity index (χ0v) is 11.7. The highest BCUT2D eigenvalue weighted by Gasteiger charge is 2.15. The van der Waals surface area contributed by atoms with E-state index in [1.807, 2.05) is 0 Å². The van der Waals surface area contributed by atoms with Crippen LogP contribution in [0.5, 0.6) is 5.88 Å². The molecule has 2 amide bonds. The molecule has 0 saturated carbocycles. The lowest BCUT2D eigenvalue weighted by molar-refractivity contribution is 0.1000. The number of nitrogens with one attached hydrogen (secondary N) is 1. The summed E-state index contributed by atoms with van der Waals surface area (Å²) >= 11 is 1.04. The molecule has 2 aromatic heterocycles. The van der Waals surface area contributed by atoms with Gasteiger partial charge in [-0.25, -0.2) is 9.97 Å². The van der Waals surface area contributed by atoms with Crippen LogP contribution in [0.1, 0.15) is 25.7 Å². The molecule has 0 fully saturated rings. The van der Waals surface area contributed by atoms with Crippen molar-refractivity contribution in [2.75, 3.05) is 12.4 Å². The molecule has 20 heavy (non-hydrogen) atoms. The molecule has 0 aliphatic heterocycles. The lowest BCUT2D eigenvalue weighted by atomic mass is 10.2. The van der Waals surface area contributed by atoms with E-state index in [0.29, 0.717) is 27.1 Å². The first-order valence-corrected chi connectivity index (χ1v) is 6.41. The fraction of sp³-hybridized carbons (Fsp3) is 0.167. The number of hydrogen-bond acceptors (Lipinski definition) is 6. The lowest BCUT2D eigenvalue weighted by Gasteiger charge is -2.03. The molecule has 0 atom stereocenters. The van der Waals surface area contributed by atoms with Crippen LogP contribution in [0.4, 0.5) is 5.13 Å². The van der Waals surface area contributed by atoms with Gasteiger partial charge in [0.05, 0.1) is 12.8 Å². The number of aromatic nitrogens is 2. The number of aryl methyl sites for hydroxylation is 1. The minimum atomic E-state index is -0.564. The number of thiazole rings is 1. The number of carbonyl (C=O) groups excluding carboxylic acids is 2. The molecule has 104 valence electrons. The number of rotatable bonds is 4. The number of nitrogens with two attached hydrogens (primary N) is 1. The summed E-state index contributed by atoms with van der Waals surface area (Å²) in [6, 6.07) is 3.05. The molecular weight excluding hydrogens is 280 g/mol. The Morgan fingerprint density at radius 3 is 2.80 bits per heavy atom. The molecule has 0 spiro atoms. The van der Waals surface area contributed by atoms with Gasteiger partial charge in [0, 0.05) is 17.8 Å². The van der Waals surface area contributed by atoms with Crippen molar-refractivity contribution >= 4 is 28.3 Å². The third-order valence-corrected chi connectivity index (χ3v) is 3.53. The molecule has 8 heteroatoms. The molecule has 0 aromatic carbocycles. The monoisotopic (exact) mass is 292 g/mol. The number of carbonyl (C=O) groups is 2. The number of nitrogens with zero attached hydrogens (tertiary/aromatic N) is 2. The molecule has 7 nitrogen and oxygen atoms in total. The Balaban J connectivity index is 2.19. The number of methoxy groups -OCH3 is 1.